The Bertz CT molecular complexity index is 852. The van der Waals surface area contributed by atoms with Gasteiger partial charge in [-0.2, -0.15) is 0 Å². The number of aryl methyl sites for hydroxylation is 2. The molecular formula is C25H37N3O4. The topological polar surface area (TPSA) is 87.7 Å². The minimum absolute atomic E-state index is 0.361. The van der Waals surface area contributed by atoms with Crippen LogP contribution in [0.15, 0.2) is 18.2 Å². The normalized spacial score (nSPS) is 12.8. The summed E-state index contributed by atoms with van der Waals surface area (Å²) >= 11 is 0. The van der Waals surface area contributed by atoms with E-state index in [1.807, 2.05) is 26.0 Å². The third-order valence-corrected chi connectivity index (χ3v) is 4.91. The fourth-order valence-electron chi connectivity index (χ4n) is 3.06. The van der Waals surface area contributed by atoms with Crippen molar-refractivity contribution in [2.75, 3.05) is 6.54 Å². The molecule has 2 unspecified atom stereocenters. The van der Waals surface area contributed by atoms with E-state index in [1.165, 1.54) is 6.92 Å². The second-order valence-corrected chi connectivity index (χ2v) is 8.95. The predicted molar refractivity (Wildman–Crippen MR) is 126 cm³/mol. The van der Waals surface area contributed by atoms with E-state index in [4.69, 9.17) is 11.2 Å². The molecule has 0 fully saturated rings. The Morgan fingerprint density at radius 3 is 2.34 bits per heavy atom. The molecule has 7 nitrogen and oxygen atoms in total. The number of benzene rings is 1. The summed E-state index contributed by atoms with van der Waals surface area (Å²) < 4.78 is 5.22. The molecule has 0 aliphatic rings. The average Bonchev–Trinajstić information content (AvgIpc) is 2.69. The number of nitrogens with one attached hydrogen (secondary N) is 2. The van der Waals surface area contributed by atoms with Crippen LogP contribution in [0.2, 0.25) is 0 Å². The van der Waals surface area contributed by atoms with Crippen LogP contribution in [0.3, 0.4) is 0 Å². The summed E-state index contributed by atoms with van der Waals surface area (Å²) in [5.41, 5.74) is 1.95. The van der Waals surface area contributed by atoms with Gasteiger partial charge in [0.2, 0.25) is 5.91 Å². The lowest BCUT2D eigenvalue weighted by Crippen LogP contribution is -2.50. The van der Waals surface area contributed by atoms with Gasteiger partial charge in [0.15, 0.2) is 0 Å². The first-order chi connectivity index (χ1) is 14.9. The minimum Gasteiger partial charge on any atom is -0.444 e. The van der Waals surface area contributed by atoms with Gasteiger partial charge in [-0.25, -0.2) is 4.79 Å². The van der Waals surface area contributed by atoms with Crippen LogP contribution in [0.1, 0.15) is 76.6 Å². The number of nitrogens with zero attached hydrogens (tertiary/aromatic N) is 1. The van der Waals surface area contributed by atoms with Crippen LogP contribution in [0, 0.1) is 26.3 Å². The fourth-order valence-corrected chi connectivity index (χ4v) is 3.06. The molecule has 1 rings (SSSR count). The molecule has 0 radical (unpaired) electrons. The zero-order chi connectivity index (χ0) is 24.5. The van der Waals surface area contributed by atoms with E-state index < -0.39 is 29.7 Å². The van der Waals surface area contributed by atoms with E-state index in [9.17, 15) is 14.4 Å². The van der Waals surface area contributed by atoms with E-state index >= 15 is 0 Å². The number of carbonyl (C=O) groups is 3. The highest BCUT2D eigenvalue weighted by molar-refractivity contribution is 5.93. The molecule has 2 atom stereocenters. The molecule has 1 aromatic carbocycles. The summed E-state index contributed by atoms with van der Waals surface area (Å²) in [6.07, 6.45) is 7.81. The molecule has 0 saturated carbocycles. The van der Waals surface area contributed by atoms with Crippen LogP contribution in [-0.4, -0.2) is 41.0 Å². The molecule has 0 heterocycles. The zero-order valence-corrected chi connectivity index (χ0v) is 20.4. The first-order valence-corrected chi connectivity index (χ1v) is 11.0. The molecule has 0 spiro atoms. The van der Waals surface area contributed by atoms with Crippen LogP contribution in [-0.2, 0) is 14.3 Å². The number of hydrogen-bond acceptors (Lipinski definition) is 4. The van der Waals surface area contributed by atoms with Crippen LogP contribution < -0.4 is 10.6 Å². The number of unbranched alkanes of at least 4 members (excludes halogenated alkanes) is 2. The molecular weight excluding hydrogens is 406 g/mol. The molecule has 2 N–H and O–H groups in total. The molecule has 1 aromatic rings. The Balaban J connectivity index is 3.16. The van der Waals surface area contributed by atoms with E-state index in [0.29, 0.717) is 12.1 Å². The molecule has 7 heteroatoms. The molecule has 0 aliphatic heterocycles. The fraction of sp³-hybridized carbons (Fsp3) is 0.560. The quantitative estimate of drug-likeness (QED) is 0.343. The van der Waals surface area contributed by atoms with Gasteiger partial charge in [0, 0.05) is 12.6 Å². The largest absolute Gasteiger partial charge is 0.444 e. The van der Waals surface area contributed by atoms with E-state index in [0.717, 1.165) is 35.3 Å². The maximum absolute atomic E-state index is 13.2. The number of carbonyl (C=O) groups excluding carboxylic acids is 3. The van der Waals surface area contributed by atoms with Gasteiger partial charge >= 0.3 is 6.09 Å². The van der Waals surface area contributed by atoms with Gasteiger partial charge in [-0.05, 0) is 64.7 Å². The van der Waals surface area contributed by atoms with Crippen LogP contribution in [0.25, 0.3) is 0 Å². The maximum atomic E-state index is 13.2. The van der Waals surface area contributed by atoms with Gasteiger partial charge in [0.1, 0.15) is 17.7 Å². The van der Waals surface area contributed by atoms with Crippen molar-refractivity contribution >= 4 is 17.9 Å². The van der Waals surface area contributed by atoms with Crippen molar-refractivity contribution in [3.63, 3.8) is 0 Å². The Kier molecular flexibility index (Phi) is 10.2. The first kappa shape index (κ1) is 27.0. The second kappa shape index (κ2) is 12.1. The molecule has 3 amide bonds. The number of rotatable bonds is 9. The van der Waals surface area contributed by atoms with Crippen molar-refractivity contribution in [2.24, 2.45) is 0 Å². The van der Waals surface area contributed by atoms with E-state index in [2.05, 4.69) is 23.6 Å². The molecule has 0 aliphatic carbocycles. The molecule has 0 saturated heterocycles. The number of alkyl carbamates (subject to hydrolysis) is 1. The Morgan fingerprint density at radius 2 is 1.81 bits per heavy atom. The van der Waals surface area contributed by atoms with Gasteiger partial charge in [-0.15, -0.1) is 0 Å². The number of amides is 3. The second-order valence-electron chi connectivity index (χ2n) is 8.95. The van der Waals surface area contributed by atoms with Gasteiger partial charge < -0.3 is 15.4 Å². The summed E-state index contributed by atoms with van der Waals surface area (Å²) in [5.74, 6) is -0.939. The summed E-state index contributed by atoms with van der Waals surface area (Å²) in [5, 5.41) is 5.39. The van der Waals surface area contributed by atoms with Crippen LogP contribution in [0.4, 0.5) is 4.79 Å². The minimum atomic E-state index is -1.02. The number of hydrogen-bond donors (Lipinski definition) is 2. The lowest BCUT2D eigenvalue weighted by Gasteiger charge is -2.29. The third kappa shape index (κ3) is 8.26. The van der Waals surface area contributed by atoms with Gasteiger partial charge in [-0.3, -0.25) is 14.5 Å². The van der Waals surface area contributed by atoms with Gasteiger partial charge in [0.05, 0.1) is 0 Å². The summed E-state index contributed by atoms with van der Waals surface area (Å²) in [6.45, 7) is 13.2. The van der Waals surface area contributed by atoms with Crippen molar-refractivity contribution < 1.29 is 19.1 Å². The first-order valence-electron chi connectivity index (χ1n) is 11.0. The molecule has 176 valence electrons. The van der Waals surface area contributed by atoms with E-state index in [1.54, 1.807) is 26.8 Å². The lowest BCUT2D eigenvalue weighted by molar-refractivity contribution is -0.138. The SMILES string of the molecule is C#CN(C(=O)C(C)NC(=O)OC(C)(C)C)C(C(=O)NCCCCC)c1ccc(C)c(C)c1. The molecule has 0 bridgehead atoms. The predicted octanol–water partition coefficient (Wildman–Crippen LogP) is 3.98. The maximum Gasteiger partial charge on any atom is 0.408 e. The monoisotopic (exact) mass is 443 g/mol. The third-order valence-electron chi connectivity index (χ3n) is 4.91. The van der Waals surface area contributed by atoms with Crippen molar-refractivity contribution in [1.82, 2.24) is 15.5 Å². The number of ether oxygens (including phenoxy) is 1. The smallest absolute Gasteiger partial charge is 0.408 e. The molecule has 32 heavy (non-hydrogen) atoms. The highest BCUT2D eigenvalue weighted by atomic mass is 16.6. The van der Waals surface area contributed by atoms with Gasteiger partial charge in [-0.1, -0.05) is 44.4 Å². The standard InChI is InChI=1S/C25H37N3O4/c1-9-11-12-15-26-22(29)21(20-14-13-17(3)18(4)16-20)28(10-2)23(30)19(5)27-24(31)32-25(6,7)8/h2,13-14,16,19,21H,9,11-12,15H2,1,3-8H3,(H,26,29)(H,27,31). The highest BCUT2D eigenvalue weighted by Gasteiger charge is 2.34. The molecule has 0 aromatic heterocycles. The van der Waals surface area contributed by atoms with Gasteiger partial charge in [0.25, 0.3) is 5.91 Å². The number of terminal acetylenes is 1. The average molecular weight is 444 g/mol. The van der Waals surface area contributed by atoms with Crippen molar-refractivity contribution in [2.45, 2.75) is 85.4 Å². The Morgan fingerprint density at radius 1 is 1.16 bits per heavy atom. The summed E-state index contributed by atoms with van der Waals surface area (Å²) in [7, 11) is 0. The Hall–Kier alpha value is -3.01. The van der Waals surface area contributed by atoms with Crippen molar-refractivity contribution in [3.05, 3.63) is 34.9 Å². The van der Waals surface area contributed by atoms with Crippen molar-refractivity contribution in [1.29, 1.82) is 0 Å². The van der Waals surface area contributed by atoms with Crippen molar-refractivity contribution in [3.8, 4) is 12.5 Å². The Labute approximate surface area is 192 Å². The lowest BCUT2D eigenvalue weighted by atomic mass is 9.99. The van der Waals surface area contributed by atoms with E-state index in [-0.39, 0.29) is 5.91 Å². The van der Waals surface area contributed by atoms with Crippen LogP contribution >= 0.6 is 0 Å². The zero-order valence-electron chi connectivity index (χ0n) is 20.4. The van der Waals surface area contributed by atoms with Crippen LogP contribution in [0.5, 0.6) is 0 Å². The highest BCUT2D eigenvalue weighted by Crippen LogP contribution is 2.24. The summed E-state index contributed by atoms with van der Waals surface area (Å²) in [6, 6.07) is 5.89. The summed E-state index contributed by atoms with van der Waals surface area (Å²) in [4.78, 5) is 39.4.